The monoisotopic (exact) mass is 418 g/mol. The number of amides is 2. The van der Waals surface area contributed by atoms with E-state index in [-0.39, 0.29) is 11.4 Å². The Kier molecular flexibility index (Phi) is 5.77. The van der Waals surface area contributed by atoms with Crippen LogP contribution in [0.3, 0.4) is 0 Å². The Morgan fingerprint density at radius 2 is 1.80 bits per heavy atom. The van der Waals surface area contributed by atoms with Crippen LogP contribution in [0.2, 0.25) is 0 Å². The molecule has 30 heavy (non-hydrogen) atoms. The summed E-state index contributed by atoms with van der Waals surface area (Å²) in [6.45, 7) is 1.82. The van der Waals surface area contributed by atoms with Gasteiger partial charge in [0, 0.05) is 0 Å². The number of anilines is 2. The Morgan fingerprint density at radius 3 is 2.50 bits per heavy atom. The average molecular weight is 418 g/mol. The van der Waals surface area contributed by atoms with Gasteiger partial charge < -0.3 is 15.4 Å². The molecule has 2 amide bonds. The first-order chi connectivity index (χ1) is 14.2. The summed E-state index contributed by atoms with van der Waals surface area (Å²) in [5, 5.41) is 8.74. The van der Waals surface area contributed by atoms with Crippen LogP contribution in [0.4, 0.5) is 24.5 Å². The van der Waals surface area contributed by atoms with Crippen LogP contribution in [0, 0.1) is 6.92 Å². The summed E-state index contributed by atoms with van der Waals surface area (Å²) in [5.41, 5.74) is 0.654. The number of hydrogen-bond acceptors (Lipinski definition) is 4. The van der Waals surface area contributed by atoms with Crippen LogP contribution in [0.25, 0.3) is 5.69 Å². The van der Waals surface area contributed by atoms with Crippen LogP contribution in [0.15, 0.2) is 54.9 Å². The van der Waals surface area contributed by atoms with E-state index in [0.29, 0.717) is 11.4 Å². The van der Waals surface area contributed by atoms with Gasteiger partial charge in [-0.05, 0) is 42.8 Å². The van der Waals surface area contributed by atoms with Gasteiger partial charge in [-0.3, -0.25) is 9.59 Å². The number of rotatable bonds is 4. The predicted molar refractivity (Wildman–Crippen MR) is 104 cm³/mol. The molecule has 156 valence electrons. The lowest BCUT2D eigenvalue weighted by Crippen LogP contribution is -2.29. The molecule has 3 aromatic rings. The van der Waals surface area contributed by atoms with Gasteiger partial charge in [0.1, 0.15) is 5.75 Å². The van der Waals surface area contributed by atoms with Crippen molar-refractivity contribution in [2.24, 2.45) is 0 Å². The van der Waals surface area contributed by atoms with Crippen molar-refractivity contribution in [1.82, 2.24) is 9.78 Å². The number of methoxy groups -OCH3 is 1. The van der Waals surface area contributed by atoms with E-state index in [1.807, 2.05) is 6.92 Å². The van der Waals surface area contributed by atoms with Gasteiger partial charge in [-0.25, -0.2) is 4.68 Å². The third-order valence-electron chi connectivity index (χ3n) is 4.09. The number of hydrogen-bond donors (Lipinski definition) is 2. The molecule has 10 heteroatoms. The Morgan fingerprint density at radius 1 is 1.07 bits per heavy atom. The number of nitrogens with zero attached hydrogens (tertiary/aromatic N) is 2. The second kappa shape index (κ2) is 8.27. The van der Waals surface area contributed by atoms with Gasteiger partial charge in [0.15, 0.2) is 0 Å². The smallest absolute Gasteiger partial charge is 0.416 e. The van der Waals surface area contributed by atoms with Gasteiger partial charge in [-0.1, -0.05) is 12.1 Å². The highest BCUT2D eigenvalue weighted by molar-refractivity contribution is 6.43. The summed E-state index contributed by atoms with van der Waals surface area (Å²) >= 11 is 0. The molecule has 0 saturated carbocycles. The SMILES string of the molecule is COc1ccc(C)cc1NC(=O)C(=O)Nc1cnn(-c2cccc(C(F)(F)F)c2)c1. The number of ether oxygens (including phenoxy) is 1. The summed E-state index contributed by atoms with van der Waals surface area (Å²) in [4.78, 5) is 24.4. The fourth-order valence-corrected chi connectivity index (χ4v) is 2.64. The third-order valence-corrected chi connectivity index (χ3v) is 4.09. The highest BCUT2D eigenvalue weighted by Crippen LogP contribution is 2.30. The Labute approximate surface area is 169 Å². The number of aryl methyl sites for hydroxylation is 1. The minimum atomic E-state index is -4.49. The van der Waals surface area contributed by atoms with Gasteiger partial charge in [0.25, 0.3) is 0 Å². The molecule has 1 heterocycles. The number of halogens is 3. The van der Waals surface area contributed by atoms with Gasteiger partial charge in [0.2, 0.25) is 0 Å². The number of carbonyl (C=O) groups excluding carboxylic acids is 2. The van der Waals surface area contributed by atoms with E-state index in [2.05, 4.69) is 15.7 Å². The number of aromatic nitrogens is 2. The van der Waals surface area contributed by atoms with Gasteiger partial charge in [-0.15, -0.1) is 0 Å². The van der Waals surface area contributed by atoms with E-state index in [1.165, 1.54) is 31.6 Å². The second-order valence-corrected chi connectivity index (χ2v) is 6.33. The zero-order valence-corrected chi connectivity index (χ0v) is 15.9. The lowest BCUT2D eigenvalue weighted by atomic mass is 10.2. The number of benzene rings is 2. The minimum Gasteiger partial charge on any atom is -0.495 e. The fourth-order valence-electron chi connectivity index (χ4n) is 2.64. The van der Waals surface area contributed by atoms with Crippen LogP contribution in [-0.4, -0.2) is 28.7 Å². The molecule has 0 aliphatic rings. The zero-order valence-electron chi connectivity index (χ0n) is 15.9. The minimum absolute atomic E-state index is 0.142. The molecule has 0 spiro atoms. The largest absolute Gasteiger partial charge is 0.495 e. The maximum Gasteiger partial charge on any atom is 0.416 e. The van der Waals surface area contributed by atoms with E-state index >= 15 is 0 Å². The van der Waals surface area contributed by atoms with E-state index in [4.69, 9.17) is 4.74 Å². The molecule has 0 radical (unpaired) electrons. The maximum atomic E-state index is 12.9. The van der Waals surface area contributed by atoms with Crippen molar-refractivity contribution >= 4 is 23.2 Å². The van der Waals surface area contributed by atoms with Crippen molar-refractivity contribution in [2.45, 2.75) is 13.1 Å². The summed E-state index contributed by atoms with van der Waals surface area (Å²) < 4.78 is 44.9. The molecule has 2 N–H and O–H groups in total. The van der Waals surface area contributed by atoms with Crippen LogP contribution in [-0.2, 0) is 15.8 Å². The Bertz CT molecular complexity index is 1090. The Balaban J connectivity index is 1.71. The highest BCUT2D eigenvalue weighted by atomic mass is 19.4. The van der Waals surface area contributed by atoms with E-state index in [1.54, 1.807) is 18.2 Å². The topological polar surface area (TPSA) is 85.2 Å². The fraction of sp³-hybridized carbons (Fsp3) is 0.150. The van der Waals surface area contributed by atoms with Crippen LogP contribution < -0.4 is 15.4 Å². The molecule has 0 fully saturated rings. The lowest BCUT2D eigenvalue weighted by molar-refractivity contribution is -0.137. The first kappa shape index (κ1) is 20.9. The lowest BCUT2D eigenvalue weighted by Gasteiger charge is -2.10. The molecule has 0 bridgehead atoms. The molecular weight excluding hydrogens is 401 g/mol. The van der Waals surface area contributed by atoms with E-state index in [9.17, 15) is 22.8 Å². The van der Waals surface area contributed by atoms with Crippen molar-refractivity contribution in [1.29, 1.82) is 0 Å². The van der Waals surface area contributed by atoms with Crippen molar-refractivity contribution in [2.75, 3.05) is 17.7 Å². The number of alkyl halides is 3. The van der Waals surface area contributed by atoms with Crippen molar-refractivity contribution in [3.63, 3.8) is 0 Å². The van der Waals surface area contributed by atoms with Crippen LogP contribution >= 0.6 is 0 Å². The molecular formula is C20H17F3N4O3. The predicted octanol–water partition coefficient (Wildman–Crippen LogP) is 3.79. The highest BCUT2D eigenvalue weighted by Gasteiger charge is 2.30. The summed E-state index contributed by atoms with van der Waals surface area (Å²) in [7, 11) is 1.43. The molecule has 7 nitrogen and oxygen atoms in total. The van der Waals surface area contributed by atoms with Crippen LogP contribution in [0.5, 0.6) is 5.75 Å². The summed E-state index contributed by atoms with van der Waals surface area (Å²) in [6, 6.07) is 9.65. The number of nitrogens with one attached hydrogen (secondary N) is 2. The molecule has 1 aromatic heterocycles. The summed E-state index contributed by atoms with van der Waals surface area (Å²) in [6.07, 6.45) is -1.97. The van der Waals surface area contributed by atoms with Crippen LogP contribution in [0.1, 0.15) is 11.1 Å². The third kappa shape index (κ3) is 4.77. The summed E-state index contributed by atoms with van der Waals surface area (Å²) in [5.74, 6) is -1.52. The average Bonchev–Trinajstić information content (AvgIpc) is 3.16. The molecule has 0 unspecified atom stereocenters. The second-order valence-electron chi connectivity index (χ2n) is 6.33. The quantitative estimate of drug-likeness (QED) is 0.632. The van der Waals surface area contributed by atoms with Crippen molar-refractivity contribution in [3.8, 4) is 11.4 Å². The van der Waals surface area contributed by atoms with Crippen molar-refractivity contribution in [3.05, 3.63) is 66.0 Å². The van der Waals surface area contributed by atoms with E-state index in [0.717, 1.165) is 22.4 Å². The first-order valence-electron chi connectivity index (χ1n) is 8.66. The molecule has 0 atom stereocenters. The van der Waals surface area contributed by atoms with Crippen molar-refractivity contribution < 1.29 is 27.5 Å². The molecule has 0 aliphatic carbocycles. The zero-order chi connectivity index (χ0) is 21.9. The molecule has 3 rings (SSSR count). The maximum absolute atomic E-state index is 12.9. The van der Waals surface area contributed by atoms with Gasteiger partial charge >= 0.3 is 18.0 Å². The number of carbonyl (C=O) groups is 2. The molecule has 0 aliphatic heterocycles. The molecule has 0 saturated heterocycles. The Hall–Kier alpha value is -3.82. The van der Waals surface area contributed by atoms with Gasteiger partial charge in [-0.2, -0.15) is 18.3 Å². The molecule has 2 aromatic carbocycles. The normalized spacial score (nSPS) is 11.1. The van der Waals surface area contributed by atoms with Gasteiger partial charge in [0.05, 0.1) is 42.1 Å². The first-order valence-corrected chi connectivity index (χ1v) is 8.66. The standard InChI is InChI=1S/C20H17F3N4O3/c1-12-6-7-17(30-2)16(8-12)26-19(29)18(28)25-14-10-24-27(11-14)15-5-3-4-13(9-15)20(21,22)23/h3-11H,1-2H3,(H,25,28)(H,26,29). The van der Waals surface area contributed by atoms with E-state index < -0.39 is 23.6 Å².